The molecule has 6 rings (SSSR count). The zero-order valence-corrected chi connectivity index (χ0v) is 13.3. The molecule has 0 aromatic heterocycles. The van der Waals surface area contributed by atoms with E-state index >= 15 is 0 Å². The number of fused-ring (bicyclic) bond motifs is 3. The first-order valence-corrected chi connectivity index (χ1v) is 8.45. The predicted octanol–water partition coefficient (Wildman–Crippen LogP) is 0.272. The third-order valence-corrected chi connectivity index (χ3v) is 6.59. The van der Waals surface area contributed by atoms with Crippen molar-refractivity contribution < 1.29 is 29.2 Å². The molecule has 4 heterocycles. The highest BCUT2D eigenvalue weighted by Gasteiger charge is 2.71. The molecule has 1 aromatic carbocycles. The molecule has 1 saturated carbocycles. The van der Waals surface area contributed by atoms with E-state index in [1.807, 2.05) is 6.07 Å². The average molecular weight is 333 g/mol. The topological polar surface area (TPSA) is 83.9 Å². The highest BCUT2D eigenvalue weighted by molar-refractivity contribution is 5.65. The Labute approximate surface area is 138 Å². The molecule has 0 radical (unpaired) electrons. The summed E-state index contributed by atoms with van der Waals surface area (Å²) < 4.78 is 22.7. The third-order valence-electron chi connectivity index (χ3n) is 6.59. The van der Waals surface area contributed by atoms with Gasteiger partial charge in [-0.15, -0.1) is 0 Å². The zero-order chi connectivity index (χ0) is 16.2. The second kappa shape index (κ2) is 4.16. The molecule has 7 unspecified atom stereocenters. The Morgan fingerprint density at radius 3 is 3.04 bits per heavy atom. The number of aliphatic hydroxyl groups excluding tert-OH is 2. The molecule has 7 nitrogen and oxygen atoms in total. The second-order valence-electron chi connectivity index (χ2n) is 7.35. The molecule has 1 aliphatic carbocycles. The molecule has 1 aromatic rings. The maximum Gasteiger partial charge on any atom is 0.231 e. The molecule has 2 bridgehead atoms. The Kier molecular flexibility index (Phi) is 2.38. The van der Waals surface area contributed by atoms with Crippen molar-refractivity contribution >= 4 is 0 Å². The van der Waals surface area contributed by atoms with E-state index in [1.54, 1.807) is 7.11 Å². The van der Waals surface area contributed by atoms with Crippen molar-refractivity contribution in [1.29, 1.82) is 0 Å². The van der Waals surface area contributed by atoms with E-state index in [0.29, 0.717) is 23.7 Å². The molecule has 0 amide bonds. The van der Waals surface area contributed by atoms with Crippen molar-refractivity contribution in [2.75, 3.05) is 20.4 Å². The molecule has 5 aliphatic rings. The summed E-state index contributed by atoms with van der Waals surface area (Å²) in [4.78, 5) is 2.08. The van der Waals surface area contributed by atoms with Crippen molar-refractivity contribution in [3.63, 3.8) is 0 Å². The van der Waals surface area contributed by atoms with Gasteiger partial charge in [-0.3, -0.25) is 4.90 Å². The van der Waals surface area contributed by atoms with Crippen LogP contribution in [0.2, 0.25) is 0 Å². The van der Waals surface area contributed by atoms with Gasteiger partial charge < -0.3 is 29.2 Å². The lowest BCUT2D eigenvalue weighted by molar-refractivity contribution is -0.0511. The molecule has 7 atom stereocenters. The van der Waals surface area contributed by atoms with Gasteiger partial charge in [0.15, 0.2) is 11.5 Å². The smallest absolute Gasteiger partial charge is 0.231 e. The number of aliphatic hydroxyl groups is 2. The quantitative estimate of drug-likeness (QED) is 0.714. The summed E-state index contributed by atoms with van der Waals surface area (Å²) in [7, 11) is 1.59. The molecule has 24 heavy (non-hydrogen) atoms. The van der Waals surface area contributed by atoms with Crippen LogP contribution in [0.4, 0.5) is 0 Å². The number of hydrogen-bond donors (Lipinski definition) is 2. The van der Waals surface area contributed by atoms with E-state index in [9.17, 15) is 10.2 Å². The van der Waals surface area contributed by atoms with E-state index in [0.717, 1.165) is 24.1 Å². The Hall–Kier alpha value is -1.54. The van der Waals surface area contributed by atoms with Crippen molar-refractivity contribution in [2.24, 2.45) is 0 Å². The van der Waals surface area contributed by atoms with Gasteiger partial charge in [-0.05, 0) is 24.5 Å². The normalized spacial score (nSPS) is 46.1. The van der Waals surface area contributed by atoms with Crippen molar-refractivity contribution in [1.82, 2.24) is 4.90 Å². The maximum atomic E-state index is 11.0. The van der Waals surface area contributed by atoms with Gasteiger partial charge in [0.05, 0.1) is 19.3 Å². The van der Waals surface area contributed by atoms with Crippen molar-refractivity contribution in [2.45, 2.75) is 48.8 Å². The number of ether oxygens (including phenoxy) is 4. The number of methoxy groups -OCH3 is 1. The summed E-state index contributed by atoms with van der Waals surface area (Å²) in [6.07, 6.45) is 0.187. The highest BCUT2D eigenvalue weighted by Crippen LogP contribution is 2.64. The fourth-order valence-electron chi connectivity index (χ4n) is 5.60. The summed E-state index contributed by atoms with van der Waals surface area (Å²) in [5.74, 6) is 1.78. The Balaban J connectivity index is 1.64. The summed E-state index contributed by atoms with van der Waals surface area (Å²) in [5.41, 5.74) is 1.59. The lowest BCUT2D eigenvalue weighted by Gasteiger charge is -2.48. The summed E-state index contributed by atoms with van der Waals surface area (Å²) in [6.45, 7) is 0.932. The Bertz CT molecular complexity index is 753. The van der Waals surface area contributed by atoms with Gasteiger partial charge in [0.2, 0.25) is 12.5 Å². The van der Waals surface area contributed by atoms with Crippen LogP contribution in [0.25, 0.3) is 0 Å². The molecular weight excluding hydrogens is 314 g/mol. The van der Waals surface area contributed by atoms with Gasteiger partial charge in [0.1, 0.15) is 12.3 Å². The SMILES string of the molecule is COc1c2c(cc3c1C(O)N1CCC34C3OC3C(O)CC14)OCO2. The largest absolute Gasteiger partial charge is 0.492 e. The van der Waals surface area contributed by atoms with Crippen LogP contribution in [-0.2, 0) is 10.2 Å². The van der Waals surface area contributed by atoms with Crippen LogP contribution in [0.1, 0.15) is 30.2 Å². The first-order valence-electron chi connectivity index (χ1n) is 8.45. The summed E-state index contributed by atoms with van der Waals surface area (Å²) >= 11 is 0. The maximum absolute atomic E-state index is 11.0. The van der Waals surface area contributed by atoms with Crippen LogP contribution >= 0.6 is 0 Å². The fourth-order valence-corrected chi connectivity index (χ4v) is 5.60. The van der Waals surface area contributed by atoms with E-state index in [-0.39, 0.29) is 30.5 Å². The van der Waals surface area contributed by atoms with E-state index in [1.165, 1.54) is 0 Å². The minimum atomic E-state index is -0.771. The molecular formula is C17H19NO6. The number of hydrogen-bond acceptors (Lipinski definition) is 7. The summed E-state index contributed by atoms with van der Waals surface area (Å²) in [5, 5.41) is 21.3. The Morgan fingerprint density at radius 2 is 2.21 bits per heavy atom. The van der Waals surface area contributed by atoms with Crippen molar-refractivity contribution in [3.05, 3.63) is 17.2 Å². The van der Waals surface area contributed by atoms with E-state index < -0.39 is 12.3 Å². The monoisotopic (exact) mass is 333 g/mol. The van der Waals surface area contributed by atoms with Crippen LogP contribution in [0.3, 0.4) is 0 Å². The molecule has 7 heteroatoms. The van der Waals surface area contributed by atoms with Crippen molar-refractivity contribution in [3.8, 4) is 17.2 Å². The van der Waals surface area contributed by atoms with Crippen LogP contribution < -0.4 is 14.2 Å². The number of epoxide rings is 1. The molecule has 4 aliphatic heterocycles. The van der Waals surface area contributed by atoms with Gasteiger partial charge in [0, 0.05) is 23.6 Å². The number of rotatable bonds is 1. The minimum Gasteiger partial charge on any atom is -0.492 e. The molecule has 2 N–H and O–H groups in total. The van der Waals surface area contributed by atoms with Gasteiger partial charge >= 0.3 is 0 Å². The molecule has 2 saturated heterocycles. The van der Waals surface area contributed by atoms with Crippen LogP contribution in [0.5, 0.6) is 17.2 Å². The first-order chi connectivity index (χ1) is 11.7. The molecule has 128 valence electrons. The number of nitrogens with zero attached hydrogens (tertiary/aromatic N) is 1. The average Bonchev–Trinajstić information content (AvgIpc) is 3.15. The fraction of sp³-hybridized carbons (Fsp3) is 0.647. The first kappa shape index (κ1) is 13.7. The van der Waals surface area contributed by atoms with Gasteiger partial charge in [-0.2, -0.15) is 0 Å². The second-order valence-corrected chi connectivity index (χ2v) is 7.35. The standard InChI is InChI=1S/C17H19NO6/c1-21-14-11-7(4-9-13(14)23-6-22-9)17-2-3-18(16(11)20)10(17)5-8(19)12-15(17)24-12/h4,8,10,12,15-16,19-20H,2-3,5-6H2,1H3. The number of benzene rings is 1. The Morgan fingerprint density at radius 1 is 1.33 bits per heavy atom. The van der Waals surface area contributed by atoms with E-state index in [4.69, 9.17) is 18.9 Å². The lowest BCUT2D eigenvalue weighted by Crippen LogP contribution is -2.57. The minimum absolute atomic E-state index is 0.00687. The summed E-state index contributed by atoms with van der Waals surface area (Å²) in [6, 6.07) is 2.07. The molecule has 3 fully saturated rings. The van der Waals surface area contributed by atoms with Gasteiger partial charge in [-0.25, -0.2) is 0 Å². The highest BCUT2D eigenvalue weighted by atomic mass is 16.7. The van der Waals surface area contributed by atoms with E-state index in [2.05, 4.69) is 4.90 Å². The van der Waals surface area contributed by atoms with Gasteiger partial charge in [0.25, 0.3) is 0 Å². The predicted molar refractivity (Wildman–Crippen MR) is 80.2 cm³/mol. The van der Waals surface area contributed by atoms with Crippen LogP contribution in [0, 0.1) is 0 Å². The van der Waals surface area contributed by atoms with Gasteiger partial charge in [-0.1, -0.05) is 0 Å². The van der Waals surface area contributed by atoms with Crippen LogP contribution in [-0.4, -0.2) is 59.9 Å². The lowest BCUT2D eigenvalue weighted by atomic mass is 9.62. The van der Waals surface area contributed by atoms with Crippen LogP contribution in [0.15, 0.2) is 6.07 Å². The third kappa shape index (κ3) is 1.33. The zero-order valence-electron chi connectivity index (χ0n) is 13.3. The molecule has 0 spiro atoms.